The summed E-state index contributed by atoms with van der Waals surface area (Å²) in [5, 5.41) is 0.116. The van der Waals surface area contributed by atoms with Gasteiger partial charge in [0.05, 0.1) is 0 Å². The van der Waals surface area contributed by atoms with Crippen molar-refractivity contribution in [2.24, 2.45) is 5.73 Å². The maximum absolute atomic E-state index is 5.60. The summed E-state index contributed by atoms with van der Waals surface area (Å²) < 4.78 is 0. The fourth-order valence-corrected chi connectivity index (χ4v) is 0.503. The lowest BCUT2D eigenvalue weighted by atomic mass is 10.2. The van der Waals surface area contributed by atoms with Crippen LogP contribution in [-0.4, -0.2) is 11.4 Å². The highest BCUT2D eigenvalue weighted by Crippen LogP contribution is 2.00. The molecular weight excluding hydrogens is 110 g/mol. The zero-order chi connectivity index (χ0) is 5.86. The zero-order valence-electron chi connectivity index (χ0n) is 4.82. The molecular formula is C5H12ClN. The van der Waals surface area contributed by atoms with E-state index in [0.29, 0.717) is 0 Å². The SMILES string of the molecule is CCC(N)[C@H](C)Cl. The van der Waals surface area contributed by atoms with Gasteiger partial charge in [-0.2, -0.15) is 0 Å². The molecule has 2 heteroatoms. The second kappa shape index (κ2) is 3.28. The molecule has 1 nitrogen and oxygen atoms in total. The van der Waals surface area contributed by atoms with E-state index in [1.54, 1.807) is 0 Å². The van der Waals surface area contributed by atoms with Crippen LogP contribution in [0, 0.1) is 0 Å². The van der Waals surface area contributed by atoms with E-state index in [2.05, 4.69) is 0 Å². The lowest BCUT2D eigenvalue weighted by Gasteiger charge is -2.08. The van der Waals surface area contributed by atoms with Crippen LogP contribution in [0.1, 0.15) is 20.3 Å². The minimum atomic E-state index is 0.116. The highest BCUT2D eigenvalue weighted by Gasteiger charge is 2.03. The zero-order valence-corrected chi connectivity index (χ0v) is 5.57. The Kier molecular flexibility index (Phi) is 3.39. The Hall–Kier alpha value is 0.250. The third kappa shape index (κ3) is 2.89. The van der Waals surface area contributed by atoms with E-state index in [0.717, 1.165) is 6.42 Å². The standard InChI is InChI=1S/C5H12ClN/c1-3-5(7)4(2)6/h4-5H,3,7H2,1-2H3/t4-,5?/m0/s1. The Morgan fingerprint density at radius 2 is 2.14 bits per heavy atom. The number of halogens is 1. The van der Waals surface area contributed by atoms with E-state index >= 15 is 0 Å². The van der Waals surface area contributed by atoms with E-state index in [-0.39, 0.29) is 11.4 Å². The third-order valence-electron chi connectivity index (χ3n) is 1.06. The molecule has 0 aliphatic carbocycles. The Labute approximate surface area is 49.8 Å². The average molecular weight is 122 g/mol. The monoisotopic (exact) mass is 121 g/mol. The number of nitrogens with two attached hydrogens (primary N) is 1. The maximum Gasteiger partial charge on any atom is 0.0458 e. The molecule has 0 amide bonds. The first-order valence-corrected chi connectivity index (χ1v) is 3.01. The molecule has 1 unspecified atom stereocenters. The summed E-state index contributed by atoms with van der Waals surface area (Å²) in [6, 6.07) is 0.168. The van der Waals surface area contributed by atoms with Crippen LogP contribution >= 0.6 is 11.6 Å². The van der Waals surface area contributed by atoms with Crippen molar-refractivity contribution in [3.8, 4) is 0 Å². The van der Waals surface area contributed by atoms with Crippen molar-refractivity contribution in [1.82, 2.24) is 0 Å². The van der Waals surface area contributed by atoms with Crippen molar-refractivity contribution in [2.45, 2.75) is 31.7 Å². The van der Waals surface area contributed by atoms with E-state index in [4.69, 9.17) is 17.3 Å². The molecule has 0 aromatic heterocycles. The van der Waals surface area contributed by atoms with Crippen LogP contribution in [0.4, 0.5) is 0 Å². The first-order valence-electron chi connectivity index (χ1n) is 2.58. The van der Waals surface area contributed by atoms with Crippen LogP contribution in [0.15, 0.2) is 0 Å². The molecule has 0 spiro atoms. The Morgan fingerprint density at radius 1 is 1.71 bits per heavy atom. The molecule has 44 valence electrons. The van der Waals surface area contributed by atoms with Crippen molar-refractivity contribution in [1.29, 1.82) is 0 Å². The van der Waals surface area contributed by atoms with E-state index in [1.165, 1.54) is 0 Å². The lowest BCUT2D eigenvalue weighted by Crippen LogP contribution is -2.27. The Balaban J connectivity index is 3.14. The highest BCUT2D eigenvalue weighted by molar-refractivity contribution is 6.20. The molecule has 0 aliphatic rings. The number of rotatable bonds is 2. The summed E-state index contributed by atoms with van der Waals surface area (Å²) in [7, 11) is 0. The minimum absolute atomic E-state index is 0.116. The van der Waals surface area contributed by atoms with Gasteiger partial charge < -0.3 is 5.73 Å². The molecule has 0 heterocycles. The van der Waals surface area contributed by atoms with Gasteiger partial charge in [-0.1, -0.05) is 6.92 Å². The van der Waals surface area contributed by atoms with Crippen molar-refractivity contribution in [3.05, 3.63) is 0 Å². The van der Waals surface area contributed by atoms with Crippen molar-refractivity contribution < 1.29 is 0 Å². The first kappa shape index (κ1) is 7.25. The van der Waals surface area contributed by atoms with Gasteiger partial charge in [0.1, 0.15) is 0 Å². The lowest BCUT2D eigenvalue weighted by molar-refractivity contribution is 0.636. The van der Waals surface area contributed by atoms with Gasteiger partial charge >= 0.3 is 0 Å². The van der Waals surface area contributed by atoms with Gasteiger partial charge in [0.15, 0.2) is 0 Å². The van der Waals surface area contributed by atoms with E-state index in [9.17, 15) is 0 Å². The van der Waals surface area contributed by atoms with Gasteiger partial charge in [-0.05, 0) is 13.3 Å². The first-order chi connectivity index (χ1) is 3.18. The molecule has 0 aromatic carbocycles. The molecule has 0 saturated carbocycles. The second-order valence-electron chi connectivity index (χ2n) is 1.75. The minimum Gasteiger partial charge on any atom is -0.326 e. The predicted molar refractivity (Wildman–Crippen MR) is 33.6 cm³/mol. The van der Waals surface area contributed by atoms with Gasteiger partial charge in [0.2, 0.25) is 0 Å². The van der Waals surface area contributed by atoms with Crippen molar-refractivity contribution in [2.75, 3.05) is 0 Å². The molecule has 0 rings (SSSR count). The summed E-state index contributed by atoms with van der Waals surface area (Å²) in [5.41, 5.74) is 5.48. The fourth-order valence-electron chi connectivity index (χ4n) is 0.325. The fraction of sp³-hybridized carbons (Fsp3) is 1.00. The largest absolute Gasteiger partial charge is 0.326 e. The van der Waals surface area contributed by atoms with Gasteiger partial charge in [-0.3, -0.25) is 0 Å². The van der Waals surface area contributed by atoms with E-state index in [1.807, 2.05) is 13.8 Å². The van der Waals surface area contributed by atoms with Gasteiger partial charge in [0, 0.05) is 11.4 Å². The summed E-state index contributed by atoms with van der Waals surface area (Å²) in [5.74, 6) is 0. The average Bonchev–Trinajstić information content (AvgIpc) is 1.65. The Bertz CT molecular complexity index is 45.3. The summed E-state index contributed by atoms with van der Waals surface area (Å²) in [6.07, 6.45) is 0.963. The quantitative estimate of drug-likeness (QED) is 0.549. The van der Waals surface area contributed by atoms with Crippen LogP contribution < -0.4 is 5.73 Å². The summed E-state index contributed by atoms with van der Waals surface area (Å²) >= 11 is 5.60. The van der Waals surface area contributed by atoms with Crippen molar-refractivity contribution in [3.63, 3.8) is 0 Å². The van der Waals surface area contributed by atoms with E-state index < -0.39 is 0 Å². The molecule has 0 saturated heterocycles. The van der Waals surface area contributed by atoms with Crippen LogP contribution in [0.2, 0.25) is 0 Å². The number of hydrogen-bond acceptors (Lipinski definition) is 1. The summed E-state index contributed by atoms with van der Waals surface area (Å²) in [4.78, 5) is 0. The molecule has 0 aliphatic heterocycles. The van der Waals surface area contributed by atoms with Crippen LogP contribution in [0.3, 0.4) is 0 Å². The molecule has 7 heavy (non-hydrogen) atoms. The molecule has 0 bridgehead atoms. The van der Waals surface area contributed by atoms with Gasteiger partial charge in [0.25, 0.3) is 0 Å². The van der Waals surface area contributed by atoms with Crippen LogP contribution in [0.5, 0.6) is 0 Å². The summed E-state index contributed by atoms with van der Waals surface area (Å²) in [6.45, 7) is 3.94. The predicted octanol–water partition coefficient (Wildman–Crippen LogP) is 1.35. The van der Waals surface area contributed by atoms with Gasteiger partial charge in [-0.15, -0.1) is 11.6 Å². The van der Waals surface area contributed by atoms with Crippen molar-refractivity contribution >= 4 is 11.6 Å². The normalized spacial score (nSPS) is 18.9. The molecule has 0 fully saturated rings. The molecule has 0 radical (unpaired) electrons. The maximum atomic E-state index is 5.60. The van der Waals surface area contributed by atoms with Crippen LogP contribution in [-0.2, 0) is 0 Å². The molecule has 2 atom stereocenters. The molecule has 2 N–H and O–H groups in total. The molecule has 0 aromatic rings. The van der Waals surface area contributed by atoms with Crippen LogP contribution in [0.25, 0.3) is 0 Å². The number of hydrogen-bond donors (Lipinski definition) is 1. The highest BCUT2D eigenvalue weighted by atomic mass is 35.5. The Morgan fingerprint density at radius 3 is 2.14 bits per heavy atom. The second-order valence-corrected chi connectivity index (χ2v) is 2.44. The topological polar surface area (TPSA) is 26.0 Å². The number of alkyl halides is 1. The third-order valence-corrected chi connectivity index (χ3v) is 1.39. The smallest absolute Gasteiger partial charge is 0.0458 e. The van der Waals surface area contributed by atoms with Gasteiger partial charge in [-0.25, -0.2) is 0 Å².